The van der Waals surface area contributed by atoms with Gasteiger partial charge in [0.25, 0.3) is 0 Å². The van der Waals surface area contributed by atoms with Gasteiger partial charge in [-0.15, -0.1) is 0 Å². The van der Waals surface area contributed by atoms with E-state index in [1.807, 2.05) is 0 Å². The number of hydrogen-bond acceptors (Lipinski definition) is 2. The highest BCUT2D eigenvalue weighted by Gasteiger charge is 2.35. The van der Waals surface area contributed by atoms with Gasteiger partial charge in [-0.25, -0.2) is 0 Å². The molecule has 1 aliphatic carbocycles. The maximum atomic E-state index is 5.69. The molecule has 0 unspecified atom stereocenters. The summed E-state index contributed by atoms with van der Waals surface area (Å²) >= 11 is 0. The first-order valence-electron chi connectivity index (χ1n) is 4.50. The average molecular weight is 153 g/mol. The van der Waals surface area contributed by atoms with E-state index in [1.54, 1.807) is 0 Å². The molecule has 0 saturated heterocycles. The summed E-state index contributed by atoms with van der Waals surface area (Å²) in [6.07, 6.45) is 6.22. The van der Waals surface area contributed by atoms with Crippen molar-refractivity contribution in [1.29, 1.82) is 0 Å². The lowest BCUT2D eigenvalue weighted by Crippen LogP contribution is -2.29. The first-order chi connectivity index (χ1) is 5.31. The molecule has 2 heteroatoms. The van der Waals surface area contributed by atoms with E-state index in [-0.39, 0.29) is 5.72 Å². The highest BCUT2D eigenvalue weighted by Crippen LogP contribution is 2.35. The zero-order valence-corrected chi connectivity index (χ0v) is 7.10. The van der Waals surface area contributed by atoms with Crippen molar-refractivity contribution in [2.45, 2.75) is 44.8 Å². The maximum Gasteiger partial charge on any atom is 0.159 e. The summed E-state index contributed by atoms with van der Waals surface area (Å²) in [4.78, 5) is 4.57. The van der Waals surface area contributed by atoms with Gasteiger partial charge in [0.1, 0.15) is 0 Å². The van der Waals surface area contributed by atoms with E-state index in [4.69, 9.17) is 4.74 Å². The molecule has 1 fully saturated rings. The summed E-state index contributed by atoms with van der Waals surface area (Å²) in [6, 6.07) is 0. The zero-order valence-electron chi connectivity index (χ0n) is 7.10. The summed E-state index contributed by atoms with van der Waals surface area (Å²) in [5, 5.41) is 0. The maximum absolute atomic E-state index is 5.69. The second-order valence-corrected chi connectivity index (χ2v) is 3.64. The molecular formula is C9H15NO. The Morgan fingerprint density at radius 1 is 1.27 bits per heavy atom. The van der Waals surface area contributed by atoms with Crippen molar-refractivity contribution < 1.29 is 4.74 Å². The molecule has 0 aromatic carbocycles. The minimum atomic E-state index is -0.0671. The van der Waals surface area contributed by atoms with Crippen LogP contribution in [0.1, 0.15) is 39.0 Å². The normalized spacial score (nSPS) is 29.0. The van der Waals surface area contributed by atoms with Gasteiger partial charge in [-0.2, -0.15) is 0 Å². The van der Waals surface area contributed by atoms with Crippen LogP contribution in [-0.2, 0) is 4.74 Å². The lowest BCUT2D eigenvalue weighted by molar-refractivity contribution is -0.0285. The van der Waals surface area contributed by atoms with Gasteiger partial charge in [0.05, 0.1) is 6.61 Å². The number of hydrogen-bond donors (Lipinski definition) is 0. The second kappa shape index (κ2) is 2.59. The first-order valence-corrected chi connectivity index (χ1v) is 4.50. The quantitative estimate of drug-likeness (QED) is 0.522. The van der Waals surface area contributed by atoms with Gasteiger partial charge >= 0.3 is 0 Å². The van der Waals surface area contributed by atoms with Gasteiger partial charge in [0, 0.05) is 5.71 Å². The molecule has 0 bridgehead atoms. The van der Waals surface area contributed by atoms with Crippen LogP contribution >= 0.6 is 0 Å². The van der Waals surface area contributed by atoms with Crippen LogP contribution in [0.2, 0.25) is 0 Å². The molecule has 0 aromatic heterocycles. The number of rotatable bonds is 0. The molecule has 1 saturated carbocycles. The van der Waals surface area contributed by atoms with E-state index < -0.39 is 0 Å². The molecule has 11 heavy (non-hydrogen) atoms. The highest BCUT2D eigenvalue weighted by molar-refractivity contribution is 5.84. The molecule has 0 amide bonds. The van der Waals surface area contributed by atoms with Crippen LogP contribution in [0.25, 0.3) is 0 Å². The number of ether oxygens (including phenoxy) is 1. The molecule has 0 atom stereocenters. The Bertz CT molecular complexity index is 180. The second-order valence-electron chi connectivity index (χ2n) is 3.64. The molecule has 1 heterocycles. The van der Waals surface area contributed by atoms with Gasteiger partial charge in [-0.1, -0.05) is 6.42 Å². The number of nitrogens with zero attached hydrogens (tertiary/aromatic N) is 1. The fourth-order valence-electron chi connectivity index (χ4n) is 2.01. The molecule has 2 aliphatic rings. The molecule has 1 aliphatic heterocycles. The van der Waals surface area contributed by atoms with Crippen molar-refractivity contribution in [2.24, 2.45) is 4.99 Å². The van der Waals surface area contributed by atoms with Crippen molar-refractivity contribution in [3.05, 3.63) is 0 Å². The molecule has 0 radical (unpaired) electrons. The third-order valence-corrected chi connectivity index (χ3v) is 2.58. The standard InChI is InChI=1S/C9H15NO/c1-8-7-11-9(10-8)5-3-2-4-6-9/h2-7H2,1H3. The Balaban J connectivity index is 2.09. The highest BCUT2D eigenvalue weighted by atomic mass is 16.5. The summed E-state index contributed by atoms with van der Waals surface area (Å²) in [7, 11) is 0. The SMILES string of the molecule is CC1=NC2(CCCCC2)OC1. The predicted octanol–water partition coefficient (Wildman–Crippen LogP) is 2.14. The molecule has 1 spiro atoms. The van der Waals surface area contributed by atoms with Crippen LogP contribution in [-0.4, -0.2) is 18.0 Å². The van der Waals surface area contributed by atoms with Gasteiger partial charge in [-0.3, -0.25) is 4.99 Å². The minimum Gasteiger partial charge on any atom is -0.348 e. The summed E-state index contributed by atoms with van der Waals surface area (Å²) in [5.74, 6) is 0. The van der Waals surface area contributed by atoms with Crippen molar-refractivity contribution in [2.75, 3.05) is 6.61 Å². The smallest absolute Gasteiger partial charge is 0.159 e. The van der Waals surface area contributed by atoms with E-state index in [0.717, 1.165) is 19.4 Å². The van der Waals surface area contributed by atoms with Gasteiger partial charge in [0.2, 0.25) is 0 Å². The Morgan fingerprint density at radius 2 is 2.00 bits per heavy atom. The monoisotopic (exact) mass is 153 g/mol. The molecule has 2 rings (SSSR count). The first kappa shape index (κ1) is 7.29. The lowest BCUT2D eigenvalue weighted by atomic mass is 9.92. The Labute approximate surface area is 67.7 Å². The Hall–Kier alpha value is -0.370. The van der Waals surface area contributed by atoms with Crippen LogP contribution in [0, 0.1) is 0 Å². The van der Waals surface area contributed by atoms with Crippen LogP contribution < -0.4 is 0 Å². The van der Waals surface area contributed by atoms with Crippen molar-refractivity contribution in [3.8, 4) is 0 Å². The Morgan fingerprint density at radius 3 is 2.55 bits per heavy atom. The molecule has 0 aromatic rings. The fraction of sp³-hybridized carbons (Fsp3) is 0.889. The van der Waals surface area contributed by atoms with Crippen molar-refractivity contribution >= 4 is 5.71 Å². The number of aliphatic imine (C=N–C) groups is 1. The molecule has 2 nitrogen and oxygen atoms in total. The van der Waals surface area contributed by atoms with E-state index in [0.29, 0.717) is 0 Å². The third kappa shape index (κ3) is 1.32. The predicted molar refractivity (Wildman–Crippen MR) is 44.9 cm³/mol. The Kier molecular flexibility index (Phi) is 1.72. The molecule has 0 N–H and O–H groups in total. The van der Waals surface area contributed by atoms with E-state index in [2.05, 4.69) is 11.9 Å². The van der Waals surface area contributed by atoms with Gasteiger partial charge < -0.3 is 4.74 Å². The van der Waals surface area contributed by atoms with E-state index in [1.165, 1.54) is 25.0 Å². The lowest BCUT2D eigenvalue weighted by Gasteiger charge is -2.29. The van der Waals surface area contributed by atoms with Crippen molar-refractivity contribution in [1.82, 2.24) is 0 Å². The van der Waals surface area contributed by atoms with E-state index >= 15 is 0 Å². The molecular weight excluding hydrogens is 138 g/mol. The summed E-state index contributed by atoms with van der Waals surface area (Å²) in [5.41, 5.74) is 1.11. The van der Waals surface area contributed by atoms with Gasteiger partial charge in [-0.05, 0) is 32.6 Å². The minimum absolute atomic E-state index is 0.0671. The van der Waals surface area contributed by atoms with E-state index in [9.17, 15) is 0 Å². The largest absolute Gasteiger partial charge is 0.348 e. The zero-order chi connectivity index (χ0) is 7.73. The van der Waals surface area contributed by atoms with Crippen LogP contribution in [0.4, 0.5) is 0 Å². The average Bonchev–Trinajstić information content (AvgIpc) is 2.34. The summed E-state index contributed by atoms with van der Waals surface area (Å²) in [6.45, 7) is 2.82. The molecule has 62 valence electrons. The van der Waals surface area contributed by atoms with Crippen LogP contribution in [0.5, 0.6) is 0 Å². The fourth-order valence-corrected chi connectivity index (χ4v) is 2.01. The summed E-state index contributed by atoms with van der Waals surface area (Å²) < 4.78 is 5.69. The third-order valence-electron chi connectivity index (χ3n) is 2.58. The van der Waals surface area contributed by atoms with Crippen LogP contribution in [0.3, 0.4) is 0 Å². The van der Waals surface area contributed by atoms with Gasteiger partial charge in [0.15, 0.2) is 5.72 Å². The van der Waals surface area contributed by atoms with Crippen LogP contribution in [0.15, 0.2) is 4.99 Å². The topological polar surface area (TPSA) is 21.6 Å². The van der Waals surface area contributed by atoms with Crippen molar-refractivity contribution in [3.63, 3.8) is 0 Å².